The Morgan fingerprint density at radius 1 is 1.44 bits per heavy atom. The van der Waals surface area contributed by atoms with Gasteiger partial charge in [0, 0.05) is 32.7 Å². The SMILES string of the molecule is C=C(O)OC.CCCc1ccc(N[C-]=O)cc1.[Y]. The van der Waals surface area contributed by atoms with Crippen molar-refractivity contribution in [1.82, 2.24) is 0 Å². The Morgan fingerprint density at radius 2 is 1.94 bits per heavy atom. The van der Waals surface area contributed by atoms with Gasteiger partial charge in [0.15, 0.2) is 0 Å². The topological polar surface area (TPSA) is 58.6 Å². The summed E-state index contributed by atoms with van der Waals surface area (Å²) in [5.74, 6) is -0.245. The predicted octanol–water partition coefficient (Wildman–Crippen LogP) is 2.78. The molecular weight excluding hydrogens is 307 g/mol. The smallest absolute Gasteiger partial charge is 0.268 e. The van der Waals surface area contributed by atoms with Crippen molar-refractivity contribution < 1.29 is 47.3 Å². The number of aryl methyl sites for hydroxylation is 1. The third kappa shape index (κ3) is 10.3. The summed E-state index contributed by atoms with van der Waals surface area (Å²) in [6.07, 6.45) is 3.87. The Labute approximate surface area is 133 Å². The predicted molar refractivity (Wildman–Crippen MR) is 68.5 cm³/mol. The molecule has 1 aromatic carbocycles. The molecule has 0 heterocycles. The largest absolute Gasteiger partial charge is 0.490 e. The summed E-state index contributed by atoms with van der Waals surface area (Å²) in [7, 11) is 1.35. The van der Waals surface area contributed by atoms with Gasteiger partial charge >= 0.3 is 0 Å². The van der Waals surface area contributed by atoms with Crippen molar-refractivity contribution in [2.24, 2.45) is 0 Å². The molecule has 0 bridgehead atoms. The van der Waals surface area contributed by atoms with E-state index in [1.165, 1.54) is 12.7 Å². The molecule has 1 rings (SSSR count). The Kier molecular flexibility index (Phi) is 13.6. The van der Waals surface area contributed by atoms with Gasteiger partial charge in [0.1, 0.15) is 0 Å². The van der Waals surface area contributed by atoms with Gasteiger partial charge in [-0.05, 0) is 13.0 Å². The standard InChI is InChI=1S/C10H12NO.C3H6O2.Y/c1-2-3-9-4-6-10(7-5-9)11-8-12;1-3(4)5-2;/h4-7H,2-3H2,1H3,(H,11,12);4H,1H2,2H3;/q-1;;. The van der Waals surface area contributed by atoms with Crippen LogP contribution in [0.4, 0.5) is 5.69 Å². The molecule has 97 valence electrons. The van der Waals surface area contributed by atoms with Crippen LogP contribution >= 0.6 is 0 Å². The third-order valence-electron chi connectivity index (χ3n) is 1.92. The molecule has 0 fully saturated rings. The van der Waals surface area contributed by atoms with Crippen LogP contribution in [-0.2, 0) is 48.7 Å². The number of nitrogens with one attached hydrogen (secondary N) is 1. The number of methoxy groups -OCH3 is 1. The maximum Gasteiger partial charge on any atom is 0.268 e. The summed E-state index contributed by atoms with van der Waals surface area (Å²) in [5.41, 5.74) is 2.10. The van der Waals surface area contributed by atoms with Gasteiger partial charge in [-0.1, -0.05) is 31.0 Å². The summed E-state index contributed by atoms with van der Waals surface area (Å²) in [5, 5.41) is 10.4. The zero-order chi connectivity index (χ0) is 13.1. The number of carbonyl (C=O) groups excluding carboxylic acids is 1. The van der Waals surface area contributed by atoms with Crippen molar-refractivity contribution in [2.45, 2.75) is 19.8 Å². The van der Waals surface area contributed by atoms with Crippen LogP contribution in [0.15, 0.2) is 36.8 Å². The van der Waals surface area contributed by atoms with Crippen molar-refractivity contribution in [1.29, 1.82) is 0 Å². The van der Waals surface area contributed by atoms with Crippen molar-refractivity contribution in [2.75, 3.05) is 12.4 Å². The third-order valence-corrected chi connectivity index (χ3v) is 1.92. The first kappa shape index (κ1) is 19.5. The fraction of sp³-hybridized carbons (Fsp3) is 0.308. The summed E-state index contributed by atoms with van der Waals surface area (Å²) < 4.78 is 4.11. The van der Waals surface area contributed by atoms with Gasteiger partial charge in [0.2, 0.25) is 0 Å². The van der Waals surface area contributed by atoms with Gasteiger partial charge in [-0.2, -0.15) is 0 Å². The number of anilines is 1. The quantitative estimate of drug-likeness (QED) is 0.497. The van der Waals surface area contributed by atoms with E-state index in [2.05, 4.69) is 23.6 Å². The molecule has 0 spiro atoms. The van der Waals surface area contributed by atoms with E-state index in [1.807, 2.05) is 24.3 Å². The first-order chi connectivity index (χ1) is 8.13. The van der Waals surface area contributed by atoms with E-state index in [0.29, 0.717) is 0 Å². The minimum atomic E-state index is -0.245. The number of rotatable bonds is 5. The van der Waals surface area contributed by atoms with E-state index in [1.54, 1.807) is 6.41 Å². The molecule has 0 aliphatic carbocycles. The van der Waals surface area contributed by atoms with Gasteiger partial charge in [-0.25, -0.2) is 0 Å². The molecule has 0 unspecified atom stereocenters. The van der Waals surface area contributed by atoms with E-state index in [-0.39, 0.29) is 38.7 Å². The fourth-order valence-corrected chi connectivity index (χ4v) is 1.10. The number of ether oxygens (including phenoxy) is 1. The van der Waals surface area contributed by atoms with E-state index >= 15 is 0 Å². The average Bonchev–Trinajstić information content (AvgIpc) is 2.33. The van der Waals surface area contributed by atoms with Crippen LogP contribution in [0.3, 0.4) is 0 Å². The number of aliphatic hydroxyl groups is 1. The molecule has 1 aromatic rings. The fourth-order valence-electron chi connectivity index (χ4n) is 1.10. The Morgan fingerprint density at radius 3 is 2.28 bits per heavy atom. The van der Waals surface area contributed by atoms with Gasteiger partial charge < -0.3 is 20.0 Å². The molecule has 2 N–H and O–H groups in total. The van der Waals surface area contributed by atoms with E-state index in [0.717, 1.165) is 18.5 Å². The normalized spacial score (nSPS) is 8.11. The number of hydrogen-bond donors (Lipinski definition) is 2. The molecule has 0 aliphatic rings. The van der Waals surface area contributed by atoms with Crippen LogP contribution in [-0.4, -0.2) is 18.6 Å². The molecule has 18 heavy (non-hydrogen) atoms. The molecule has 5 heteroatoms. The zero-order valence-electron chi connectivity index (χ0n) is 10.8. The van der Waals surface area contributed by atoms with Gasteiger partial charge in [-0.15, -0.1) is 17.8 Å². The second-order valence-electron chi connectivity index (χ2n) is 3.27. The van der Waals surface area contributed by atoms with Crippen LogP contribution in [0.25, 0.3) is 0 Å². The van der Waals surface area contributed by atoms with Gasteiger partial charge in [-0.3, -0.25) is 0 Å². The van der Waals surface area contributed by atoms with Crippen LogP contribution < -0.4 is 5.32 Å². The molecule has 4 nitrogen and oxygen atoms in total. The molecule has 1 amide bonds. The maximum atomic E-state index is 9.95. The second kappa shape index (κ2) is 12.6. The van der Waals surface area contributed by atoms with Gasteiger partial charge in [0.25, 0.3) is 5.95 Å². The van der Waals surface area contributed by atoms with Crippen LogP contribution in [0.2, 0.25) is 0 Å². The number of benzene rings is 1. The molecule has 1 radical (unpaired) electrons. The summed E-state index contributed by atoms with van der Waals surface area (Å²) in [4.78, 5) is 9.95. The second-order valence-corrected chi connectivity index (χ2v) is 3.27. The summed E-state index contributed by atoms with van der Waals surface area (Å²) in [6.45, 7) is 5.15. The molecule has 0 aliphatic heterocycles. The molecule has 0 saturated heterocycles. The first-order valence-electron chi connectivity index (χ1n) is 5.28. The van der Waals surface area contributed by atoms with Crippen molar-refractivity contribution in [3.05, 3.63) is 42.4 Å². The van der Waals surface area contributed by atoms with Crippen molar-refractivity contribution in [3.8, 4) is 0 Å². The summed E-state index contributed by atoms with van der Waals surface area (Å²) in [6, 6.07) is 7.80. The maximum absolute atomic E-state index is 9.95. The van der Waals surface area contributed by atoms with E-state index in [4.69, 9.17) is 5.11 Å². The minimum Gasteiger partial charge on any atom is -0.490 e. The number of hydrogen-bond acceptors (Lipinski definition) is 3. The van der Waals surface area contributed by atoms with Crippen molar-refractivity contribution >= 4 is 12.1 Å². The van der Waals surface area contributed by atoms with Crippen LogP contribution in [0.5, 0.6) is 0 Å². The molecule has 0 aromatic heterocycles. The van der Waals surface area contributed by atoms with E-state index in [9.17, 15) is 4.79 Å². The molecular formula is C13H18NO3Y-. The number of aliphatic hydroxyl groups excluding tert-OH is 1. The van der Waals surface area contributed by atoms with Crippen LogP contribution in [0.1, 0.15) is 18.9 Å². The average molecular weight is 325 g/mol. The zero-order valence-corrected chi connectivity index (χ0v) is 13.6. The van der Waals surface area contributed by atoms with E-state index < -0.39 is 0 Å². The number of amides is 1. The summed E-state index contributed by atoms with van der Waals surface area (Å²) >= 11 is 0. The van der Waals surface area contributed by atoms with Gasteiger partial charge in [0.05, 0.1) is 13.5 Å². The Balaban J connectivity index is 0. The van der Waals surface area contributed by atoms with Crippen LogP contribution in [0, 0.1) is 0 Å². The molecule has 0 saturated carbocycles. The van der Waals surface area contributed by atoms with Crippen molar-refractivity contribution in [3.63, 3.8) is 0 Å². The minimum absolute atomic E-state index is 0. The Bertz CT molecular complexity index is 339. The molecule has 0 atom stereocenters. The Hall–Kier alpha value is -0.866. The monoisotopic (exact) mass is 325 g/mol. The first-order valence-corrected chi connectivity index (χ1v) is 5.28.